The van der Waals surface area contributed by atoms with Gasteiger partial charge in [0.05, 0.1) is 27.1 Å². The van der Waals surface area contributed by atoms with Crippen molar-refractivity contribution in [3.63, 3.8) is 0 Å². The van der Waals surface area contributed by atoms with Crippen molar-refractivity contribution in [3.8, 4) is 39.4 Å². The van der Waals surface area contributed by atoms with Crippen molar-refractivity contribution in [2.24, 2.45) is 0 Å². The number of carboxylic acids is 2. The van der Waals surface area contributed by atoms with Gasteiger partial charge in [0, 0.05) is 16.5 Å². The maximum Gasteiger partial charge on any atom is 0.573 e. The summed E-state index contributed by atoms with van der Waals surface area (Å²) in [5, 5.41) is 20.1. The van der Waals surface area contributed by atoms with Crippen molar-refractivity contribution >= 4 is 44.4 Å². The number of aliphatic carboxylic acids is 1. The van der Waals surface area contributed by atoms with E-state index in [0.717, 1.165) is 27.8 Å². The van der Waals surface area contributed by atoms with Crippen molar-refractivity contribution < 1.29 is 37.7 Å². The van der Waals surface area contributed by atoms with Crippen molar-refractivity contribution in [2.75, 3.05) is 0 Å². The number of hydrogen-bond donors (Lipinski definition) is 2. The molecule has 6 rings (SSSR count). The van der Waals surface area contributed by atoms with E-state index >= 15 is 0 Å². The quantitative estimate of drug-likeness (QED) is 0.196. The van der Waals surface area contributed by atoms with Crippen LogP contribution in [0.1, 0.15) is 9.67 Å². The van der Waals surface area contributed by atoms with Crippen LogP contribution in [0.5, 0.6) is 5.75 Å². The summed E-state index contributed by atoms with van der Waals surface area (Å²) in [5.41, 5.74) is 4.80. The van der Waals surface area contributed by atoms with E-state index in [1.165, 1.54) is 24.3 Å². The Kier molecular flexibility index (Phi) is 6.66. The Labute approximate surface area is 239 Å². The third kappa shape index (κ3) is 5.17. The molecular formula is C31H19F3N2O5S. The fraction of sp³-hybridized carbons (Fsp3) is 0.0645. The smallest absolute Gasteiger partial charge is 0.480 e. The van der Waals surface area contributed by atoms with Gasteiger partial charge < -0.3 is 19.5 Å². The third-order valence-electron chi connectivity index (χ3n) is 6.63. The predicted molar refractivity (Wildman–Crippen MR) is 153 cm³/mol. The van der Waals surface area contributed by atoms with Crippen LogP contribution in [0.3, 0.4) is 0 Å². The van der Waals surface area contributed by atoms with Gasteiger partial charge in [0.2, 0.25) is 0 Å². The van der Waals surface area contributed by atoms with Crippen LogP contribution in [0, 0.1) is 0 Å². The van der Waals surface area contributed by atoms with Gasteiger partial charge in [0.1, 0.15) is 17.2 Å². The number of thiophene rings is 1. The highest BCUT2D eigenvalue weighted by atomic mass is 32.1. The molecule has 0 spiro atoms. The Morgan fingerprint density at radius 1 is 0.857 bits per heavy atom. The molecule has 3 heterocycles. The number of halogens is 3. The molecule has 3 aromatic carbocycles. The summed E-state index contributed by atoms with van der Waals surface area (Å²) in [5.74, 6) is -2.53. The number of fused-ring (bicyclic) bond motifs is 2. The second-order valence-electron chi connectivity index (χ2n) is 9.38. The lowest BCUT2D eigenvalue weighted by atomic mass is 9.99. The molecule has 0 unspecified atom stereocenters. The van der Waals surface area contributed by atoms with Gasteiger partial charge in [-0.3, -0.25) is 4.79 Å². The van der Waals surface area contributed by atoms with E-state index < -0.39 is 18.3 Å². The average Bonchev–Trinajstić information content (AvgIpc) is 3.50. The summed E-state index contributed by atoms with van der Waals surface area (Å²) in [6.45, 7) is -0.389. The minimum absolute atomic E-state index is 0.0998. The van der Waals surface area contributed by atoms with E-state index in [0.29, 0.717) is 38.2 Å². The minimum Gasteiger partial charge on any atom is -0.480 e. The maximum absolute atomic E-state index is 12.7. The van der Waals surface area contributed by atoms with Crippen LogP contribution in [0.2, 0.25) is 0 Å². The van der Waals surface area contributed by atoms with Gasteiger partial charge in [0.25, 0.3) is 0 Å². The highest BCUT2D eigenvalue weighted by molar-refractivity contribution is 7.21. The molecule has 0 aliphatic carbocycles. The van der Waals surface area contributed by atoms with Crippen LogP contribution in [-0.4, -0.2) is 38.1 Å². The molecule has 0 aliphatic heterocycles. The first-order valence-electron chi connectivity index (χ1n) is 12.5. The number of carboxylic acid groups (broad SMARTS) is 2. The molecule has 0 atom stereocenters. The number of nitrogens with zero attached hydrogens (tertiary/aromatic N) is 2. The summed E-state index contributed by atoms with van der Waals surface area (Å²) < 4.78 is 44.4. The molecule has 0 saturated carbocycles. The second-order valence-corrected chi connectivity index (χ2v) is 10.4. The van der Waals surface area contributed by atoms with Crippen LogP contribution in [0.15, 0.2) is 91.0 Å². The van der Waals surface area contributed by atoms with E-state index in [4.69, 9.17) is 0 Å². The van der Waals surface area contributed by atoms with Crippen molar-refractivity contribution in [2.45, 2.75) is 12.9 Å². The normalized spacial score (nSPS) is 11.7. The molecule has 0 fully saturated rings. The molecule has 0 saturated heterocycles. The van der Waals surface area contributed by atoms with E-state index in [1.807, 2.05) is 36.4 Å². The summed E-state index contributed by atoms with van der Waals surface area (Å²) in [4.78, 5) is 28.5. The van der Waals surface area contributed by atoms with E-state index in [1.54, 1.807) is 34.9 Å². The first-order chi connectivity index (χ1) is 20.1. The van der Waals surface area contributed by atoms with Crippen molar-refractivity contribution in [1.82, 2.24) is 9.55 Å². The first-order valence-corrected chi connectivity index (χ1v) is 13.3. The molecule has 42 heavy (non-hydrogen) atoms. The molecule has 210 valence electrons. The Hall–Kier alpha value is -5.16. The number of benzene rings is 3. The van der Waals surface area contributed by atoms with Crippen LogP contribution in [0.4, 0.5) is 13.2 Å². The zero-order chi connectivity index (χ0) is 29.6. The number of hydrogen-bond acceptors (Lipinski definition) is 5. The molecule has 3 aromatic heterocycles. The predicted octanol–water partition coefficient (Wildman–Crippen LogP) is 7.93. The fourth-order valence-electron chi connectivity index (χ4n) is 4.99. The highest BCUT2D eigenvalue weighted by Gasteiger charge is 2.31. The fourth-order valence-corrected chi connectivity index (χ4v) is 6.06. The van der Waals surface area contributed by atoms with E-state index in [2.05, 4.69) is 9.72 Å². The molecular weight excluding hydrogens is 569 g/mol. The number of carbonyl (C=O) groups is 2. The molecule has 7 nitrogen and oxygen atoms in total. The monoisotopic (exact) mass is 588 g/mol. The maximum atomic E-state index is 12.7. The molecule has 11 heteroatoms. The molecule has 0 bridgehead atoms. The lowest BCUT2D eigenvalue weighted by molar-refractivity contribution is -0.274. The van der Waals surface area contributed by atoms with Crippen LogP contribution in [-0.2, 0) is 11.3 Å². The van der Waals surface area contributed by atoms with Gasteiger partial charge in [-0.05, 0) is 47.5 Å². The van der Waals surface area contributed by atoms with Gasteiger partial charge in [-0.15, -0.1) is 24.5 Å². The molecule has 2 N–H and O–H groups in total. The summed E-state index contributed by atoms with van der Waals surface area (Å²) in [7, 11) is 0. The molecule has 0 amide bonds. The number of aromatic nitrogens is 2. The minimum atomic E-state index is -4.81. The molecule has 0 radical (unpaired) electrons. The summed E-state index contributed by atoms with van der Waals surface area (Å²) in [6.07, 6.45) is -4.81. The van der Waals surface area contributed by atoms with Gasteiger partial charge in [-0.25, -0.2) is 9.78 Å². The van der Waals surface area contributed by atoms with Crippen LogP contribution in [0.25, 0.3) is 54.8 Å². The molecule has 6 aromatic rings. The third-order valence-corrected chi connectivity index (χ3v) is 7.76. The Morgan fingerprint density at radius 2 is 1.62 bits per heavy atom. The topological polar surface area (TPSA) is 102 Å². The first kappa shape index (κ1) is 27.0. The molecule has 0 aliphatic rings. The van der Waals surface area contributed by atoms with Crippen molar-refractivity contribution in [3.05, 3.63) is 95.9 Å². The largest absolute Gasteiger partial charge is 0.573 e. The number of ether oxygens (including phenoxy) is 1. The summed E-state index contributed by atoms with van der Waals surface area (Å²) in [6, 6.07) is 25.3. The number of aromatic carboxylic acids is 1. The van der Waals surface area contributed by atoms with Crippen LogP contribution < -0.4 is 4.74 Å². The number of rotatable bonds is 7. The number of pyridine rings is 1. The van der Waals surface area contributed by atoms with Crippen LogP contribution >= 0.6 is 11.3 Å². The lowest BCUT2D eigenvalue weighted by Crippen LogP contribution is -2.17. The highest BCUT2D eigenvalue weighted by Crippen LogP contribution is 2.45. The zero-order valence-electron chi connectivity index (χ0n) is 21.4. The average molecular weight is 589 g/mol. The van der Waals surface area contributed by atoms with Gasteiger partial charge in [-0.1, -0.05) is 54.6 Å². The van der Waals surface area contributed by atoms with Gasteiger partial charge in [0.15, 0.2) is 0 Å². The van der Waals surface area contributed by atoms with E-state index in [-0.39, 0.29) is 17.2 Å². The zero-order valence-corrected chi connectivity index (χ0v) is 22.2. The van der Waals surface area contributed by atoms with Crippen molar-refractivity contribution in [1.29, 1.82) is 0 Å². The summed E-state index contributed by atoms with van der Waals surface area (Å²) >= 11 is 1.08. The Morgan fingerprint density at radius 3 is 2.33 bits per heavy atom. The van der Waals surface area contributed by atoms with Gasteiger partial charge in [-0.2, -0.15) is 0 Å². The van der Waals surface area contributed by atoms with Gasteiger partial charge >= 0.3 is 18.3 Å². The standard InChI is InChI=1S/C31H19F3N2O5S/c32-31(33,34)41-21-8-4-7-18(14-21)22-11-9-19-13-20(10-12-23(19)35-22)28-27(17-5-2-1-3-6-17)29-24(36(28)16-26(37)38)15-25(42-29)30(39)40/h1-15H,16H2,(H,37,38)(H,39,40). The van der Waals surface area contributed by atoms with E-state index in [9.17, 15) is 33.0 Å². The number of alkyl halides is 3. The lowest BCUT2D eigenvalue weighted by Gasteiger charge is -2.13. The SMILES string of the molecule is O=C(O)Cn1c(-c2ccc3nc(-c4cccc(OC(F)(F)F)c4)ccc3c2)c(-c2ccccc2)c2sc(C(=O)O)cc21. The second kappa shape index (κ2) is 10.3. The Bertz CT molecular complexity index is 2000. The Balaban J connectivity index is 1.50.